The van der Waals surface area contributed by atoms with E-state index in [1.54, 1.807) is 18.2 Å². The number of carbonyl (C=O) groups is 1. The molecule has 0 fully saturated rings. The van der Waals surface area contributed by atoms with Crippen LogP contribution in [-0.2, 0) is 21.2 Å². The molecule has 0 saturated heterocycles. The lowest BCUT2D eigenvalue weighted by Crippen LogP contribution is -2.53. The number of sulfonamides is 1. The summed E-state index contributed by atoms with van der Waals surface area (Å²) in [4.78, 5) is 12.9. The van der Waals surface area contributed by atoms with E-state index in [1.165, 1.54) is 12.1 Å². The molecule has 1 amide bonds. The fourth-order valence-corrected chi connectivity index (χ4v) is 4.28. The van der Waals surface area contributed by atoms with Gasteiger partial charge in [0.15, 0.2) is 5.11 Å². The van der Waals surface area contributed by atoms with Gasteiger partial charge in [0.2, 0.25) is 10.0 Å². The first-order valence-corrected chi connectivity index (χ1v) is 11.8. The molecule has 0 aliphatic heterocycles. The van der Waals surface area contributed by atoms with Crippen LogP contribution in [0, 0.1) is 6.92 Å². The number of carbonyl (C=O) groups excluding carboxylic acids is 1. The van der Waals surface area contributed by atoms with Crippen molar-refractivity contribution >= 4 is 38.9 Å². The number of rotatable bonds is 7. The van der Waals surface area contributed by atoms with E-state index in [4.69, 9.17) is 12.2 Å². The zero-order valence-electron chi connectivity index (χ0n) is 17.4. The van der Waals surface area contributed by atoms with Crippen LogP contribution >= 0.6 is 12.2 Å². The Morgan fingerprint density at radius 1 is 0.875 bits per heavy atom. The highest BCUT2D eigenvalue weighted by Crippen LogP contribution is 2.11. The Labute approximate surface area is 193 Å². The molecule has 3 rings (SSSR count). The summed E-state index contributed by atoms with van der Waals surface area (Å²) in [6.07, 6.45) is 0.165. The summed E-state index contributed by atoms with van der Waals surface area (Å²) in [6, 6.07) is 23.6. The van der Waals surface area contributed by atoms with Crippen LogP contribution in [0.25, 0.3) is 0 Å². The van der Waals surface area contributed by atoms with Gasteiger partial charge < -0.3 is 5.32 Å². The molecule has 3 aromatic carbocycles. The molecule has 166 valence electrons. The van der Waals surface area contributed by atoms with Gasteiger partial charge in [-0.15, -0.1) is 0 Å². The van der Waals surface area contributed by atoms with Crippen molar-refractivity contribution in [2.24, 2.45) is 0 Å². The summed E-state index contributed by atoms with van der Waals surface area (Å²) in [7, 11) is -3.90. The number of aryl methyl sites for hydroxylation is 1. The van der Waals surface area contributed by atoms with Gasteiger partial charge in [0, 0.05) is 5.69 Å². The molecule has 0 bridgehead atoms. The summed E-state index contributed by atoms with van der Waals surface area (Å²) in [5.41, 5.74) is 7.79. The number of benzene rings is 3. The quantitative estimate of drug-likeness (QED) is 0.314. The maximum Gasteiger partial charge on any atom is 0.256 e. The summed E-state index contributed by atoms with van der Waals surface area (Å²) in [6.45, 7) is 1.98. The Bertz CT molecular complexity index is 1150. The van der Waals surface area contributed by atoms with Crippen LogP contribution in [0.2, 0.25) is 0 Å². The van der Waals surface area contributed by atoms with Crippen molar-refractivity contribution in [2.75, 3.05) is 5.32 Å². The largest absolute Gasteiger partial charge is 0.331 e. The Morgan fingerprint density at radius 2 is 1.47 bits per heavy atom. The lowest BCUT2D eigenvalue weighted by molar-refractivity contribution is -0.123. The third kappa shape index (κ3) is 6.88. The number of nitrogens with one attached hydrogen (secondary N) is 4. The lowest BCUT2D eigenvalue weighted by Gasteiger charge is -2.20. The van der Waals surface area contributed by atoms with E-state index in [9.17, 15) is 13.2 Å². The van der Waals surface area contributed by atoms with Crippen LogP contribution in [-0.4, -0.2) is 25.5 Å². The molecule has 9 heteroatoms. The highest BCUT2D eigenvalue weighted by atomic mass is 32.2. The Balaban J connectivity index is 1.68. The maximum absolute atomic E-state index is 12.9. The first-order chi connectivity index (χ1) is 15.3. The zero-order chi connectivity index (χ0) is 23.0. The van der Waals surface area contributed by atoms with E-state index in [0.29, 0.717) is 0 Å². The highest BCUT2D eigenvalue weighted by molar-refractivity contribution is 7.89. The average Bonchev–Trinajstić information content (AvgIpc) is 2.80. The van der Waals surface area contributed by atoms with Crippen LogP contribution in [0.1, 0.15) is 11.1 Å². The Morgan fingerprint density at radius 3 is 2.09 bits per heavy atom. The summed E-state index contributed by atoms with van der Waals surface area (Å²) in [5.74, 6) is -0.568. The standard InChI is InChI=1S/C23H24N4O3S2/c1-17-12-14-19(15-13-17)24-23(31)26-25-22(28)21(16-18-8-4-2-5-9-18)27-32(29,30)20-10-6-3-7-11-20/h2-15,21,27H,16H2,1H3,(H,25,28)(H2,24,26,31)/t21-/m1/s1. The van der Waals surface area contributed by atoms with Crippen molar-refractivity contribution in [3.8, 4) is 0 Å². The van der Waals surface area contributed by atoms with Crippen LogP contribution < -0.4 is 20.9 Å². The van der Waals surface area contributed by atoms with Gasteiger partial charge in [-0.2, -0.15) is 4.72 Å². The first-order valence-electron chi connectivity index (χ1n) is 9.88. The molecule has 0 unspecified atom stereocenters. The van der Waals surface area contributed by atoms with Crippen LogP contribution in [0.5, 0.6) is 0 Å². The van der Waals surface area contributed by atoms with Gasteiger partial charge in [-0.3, -0.25) is 15.6 Å². The van der Waals surface area contributed by atoms with Gasteiger partial charge >= 0.3 is 0 Å². The van der Waals surface area contributed by atoms with E-state index >= 15 is 0 Å². The van der Waals surface area contributed by atoms with Gasteiger partial charge in [0.05, 0.1) is 4.90 Å². The second-order valence-corrected chi connectivity index (χ2v) is 9.23. The van der Waals surface area contributed by atoms with Crippen molar-refractivity contribution in [2.45, 2.75) is 24.3 Å². The van der Waals surface area contributed by atoms with Gasteiger partial charge in [-0.1, -0.05) is 66.2 Å². The number of hydrogen-bond acceptors (Lipinski definition) is 4. The average molecular weight is 469 g/mol. The van der Waals surface area contributed by atoms with Gasteiger partial charge in [0.1, 0.15) is 6.04 Å². The molecule has 0 aliphatic rings. The second kappa shape index (κ2) is 10.9. The highest BCUT2D eigenvalue weighted by Gasteiger charge is 2.26. The summed E-state index contributed by atoms with van der Waals surface area (Å²) in [5, 5.41) is 3.13. The second-order valence-electron chi connectivity index (χ2n) is 7.11. The van der Waals surface area contributed by atoms with Crippen molar-refractivity contribution in [1.82, 2.24) is 15.6 Å². The van der Waals surface area contributed by atoms with E-state index in [-0.39, 0.29) is 16.4 Å². The molecule has 0 radical (unpaired) electrons. The normalized spacial score (nSPS) is 11.9. The molecule has 0 spiro atoms. The topological polar surface area (TPSA) is 99.3 Å². The molecule has 0 aromatic heterocycles. The molecule has 3 aromatic rings. The van der Waals surface area contributed by atoms with Gasteiger partial charge in [0.25, 0.3) is 5.91 Å². The molecule has 0 aliphatic carbocycles. The molecule has 0 heterocycles. The van der Waals surface area contributed by atoms with E-state index in [1.807, 2.05) is 61.5 Å². The molecular weight excluding hydrogens is 444 g/mol. The number of hydrogen-bond donors (Lipinski definition) is 4. The summed E-state index contributed by atoms with van der Waals surface area (Å²) < 4.78 is 28.1. The summed E-state index contributed by atoms with van der Waals surface area (Å²) >= 11 is 5.21. The van der Waals surface area contributed by atoms with Crippen LogP contribution in [0.15, 0.2) is 89.8 Å². The number of amides is 1. The van der Waals surface area contributed by atoms with E-state index < -0.39 is 22.0 Å². The van der Waals surface area contributed by atoms with Crippen molar-refractivity contribution in [3.05, 3.63) is 96.1 Å². The fraction of sp³-hybridized carbons (Fsp3) is 0.130. The number of anilines is 1. The molecular formula is C23H24N4O3S2. The lowest BCUT2D eigenvalue weighted by atomic mass is 10.1. The molecule has 7 nitrogen and oxygen atoms in total. The maximum atomic E-state index is 12.9. The molecule has 1 atom stereocenters. The SMILES string of the molecule is Cc1ccc(NC(=S)NNC(=O)[C@@H](Cc2ccccc2)NS(=O)(=O)c2ccccc2)cc1. The van der Waals surface area contributed by atoms with Crippen molar-refractivity contribution < 1.29 is 13.2 Å². The zero-order valence-corrected chi connectivity index (χ0v) is 19.0. The Kier molecular flexibility index (Phi) is 7.93. The predicted octanol–water partition coefficient (Wildman–Crippen LogP) is 2.90. The fourth-order valence-electron chi connectivity index (χ4n) is 2.90. The minimum Gasteiger partial charge on any atom is -0.331 e. The predicted molar refractivity (Wildman–Crippen MR) is 129 cm³/mol. The van der Waals surface area contributed by atoms with Crippen LogP contribution in [0.3, 0.4) is 0 Å². The van der Waals surface area contributed by atoms with Crippen molar-refractivity contribution in [3.63, 3.8) is 0 Å². The minimum atomic E-state index is -3.90. The van der Waals surface area contributed by atoms with Crippen molar-refractivity contribution in [1.29, 1.82) is 0 Å². The Hall–Kier alpha value is -3.27. The third-order valence-electron chi connectivity index (χ3n) is 4.56. The number of thiocarbonyl (C=S) groups is 1. The first kappa shape index (κ1) is 23.4. The molecule has 4 N–H and O–H groups in total. The monoisotopic (exact) mass is 468 g/mol. The molecule has 0 saturated carbocycles. The van der Waals surface area contributed by atoms with Gasteiger partial charge in [-0.05, 0) is 55.4 Å². The van der Waals surface area contributed by atoms with Crippen LogP contribution in [0.4, 0.5) is 5.69 Å². The number of hydrazine groups is 1. The third-order valence-corrected chi connectivity index (χ3v) is 6.25. The molecule has 32 heavy (non-hydrogen) atoms. The van der Waals surface area contributed by atoms with Gasteiger partial charge in [-0.25, -0.2) is 8.42 Å². The smallest absolute Gasteiger partial charge is 0.256 e. The van der Waals surface area contributed by atoms with E-state index in [2.05, 4.69) is 20.9 Å². The minimum absolute atomic E-state index is 0.0791. The van der Waals surface area contributed by atoms with E-state index in [0.717, 1.165) is 16.8 Å².